The van der Waals surface area contributed by atoms with Crippen LogP contribution in [0.2, 0.25) is 0 Å². The van der Waals surface area contributed by atoms with Crippen LogP contribution in [0.5, 0.6) is 0 Å². The van der Waals surface area contributed by atoms with E-state index in [1.54, 1.807) is 24.3 Å². The molecule has 0 aliphatic rings. The second-order valence-electron chi connectivity index (χ2n) is 5.75. The molecule has 6 heteroatoms. The highest BCUT2D eigenvalue weighted by Crippen LogP contribution is 2.11. The van der Waals surface area contributed by atoms with Crippen molar-refractivity contribution in [2.24, 2.45) is 0 Å². The summed E-state index contributed by atoms with van der Waals surface area (Å²) in [5.74, 6) is -1.14. The van der Waals surface area contributed by atoms with Crippen molar-refractivity contribution >= 4 is 23.5 Å². The second-order valence-corrected chi connectivity index (χ2v) is 5.75. The molecule has 0 bridgehead atoms. The zero-order valence-electron chi connectivity index (χ0n) is 14.9. The molecular weight excluding hydrogens is 332 g/mol. The van der Waals surface area contributed by atoms with E-state index in [1.165, 1.54) is 0 Å². The SMILES string of the molecule is CCNC(=O)c1cccc(NC(=O)COC(=O)Cc2ccccc2C)c1. The van der Waals surface area contributed by atoms with E-state index < -0.39 is 11.9 Å². The smallest absolute Gasteiger partial charge is 0.310 e. The Labute approximate surface area is 152 Å². The Hall–Kier alpha value is -3.15. The van der Waals surface area contributed by atoms with Gasteiger partial charge < -0.3 is 15.4 Å². The van der Waals surface area contributed by atoms with E-state index in [4.69, 9.17) is 4.74 Å². The van der Waals surface area contributed by atoms with Crippen molar-refractivity contribution in [1.82, 2.24) is 5.32 Å². The van der Waals surface area contributed by atoms with Gasteiger partial charge in [0.2, 0.25) is 0 Å². The first-order valence-electron chi connectivity index (χ1n) is 8.38. The number of nitrogens with one attached hydrogen (secondary N) is 2. The molecule has 2 N–H and O–H groups in total. The molecule has 0 saturated heterocycles. The standard InChI is InChI=1S/C20H22N2O4/c1-3-21-20(25)16-9-6-10-17(11-16)22-18(23)13-26-19(24)12-15-8-5-4-7-14(15)2/h4-11H,3,12-13H2,1-2H3,(H,21,25)(H,22,23). The van der Waals surface area contributed by atoms with Crippen molar-refractivity contribution in [2.45, 2.75) is 20.3 Å². The van der Waals surface area contributed by atoms with Crippen LogP contribution >= 0.6 is 0 Å². The molecular formula is C20H22N2O4. The van der Waals surface area contributed by atoms with Crippen LogP contribution in [0.25, 0.3) is 0 Å². The van der Waals surface area contributed by atoms with Gasteiger partial charge in [-0.2, -0.15) is 0 Å². The second kappa shape index (κ2) is 9.36. The summed E-state index contributed by atoms with van der Waals surface area (Å²) < 4.78 is 5.02. The van der Waals surface area contributed by atoms with Gasteiger partial charge in [-0.15, -0.1) is 0 Å². The molecule has 0 fully saturated rings. The first-order valence-corrected chi connectivity index (χ1v) is 8.38. The van der Waals surface area contributed by atoms with Crippen molar-refractivity contribution in [3.8, 4) is 0 Å². The highest BCUT2D eigenvalue weighted by Gasteiger charge is 2.11. The predicted molar refractivity (Wildman–Crippen MR) is 98.9 cm³/mol. The Balaban J connectivity index is 1.85. The third kappa shape index (κ3) is 5.73. The number of carbonyl (C=O) groups is 3. The van der Waals surface area contributed by atoms with Crippen LogP contribution in [-0.4, -0.2) is 30.9 Å². The van der Waals surface area contributed by atoms with Gasteiger partial charge in [0, 0.05) is 17.8 Å². The minimum atomic E-state index is -0.467. The van der Waals surface area contributed by atoms with Crippen LogP contribution in [-0.2, 0) is 20.7 Å². The van der Waals surface area contributed by atoms with Gasteiger partial charge >= 0.3 is 5.97 Å². The molecule has 26 heavy (non-hydrogen) atoms. The first-order chi connectivity index (χ1) is 12.5. The molecule has 0 unspecified atom stereocenters. The van der Waals surface area contributed by atoms with Crippen LogP contribution in [0, 0.1) is 6.92 Å². The third-order valence-corrected chi connectivity index (χ3v) is 3.71. The molecule has 6 nitrogen and oxygen atoms in total. The van der Waals surface area contributed by atoms with E-state index in [0.29, 0.717) is 17.8 Å². The summed E-state index contributed by atoms with van der Waals surface area (Å²) in [6.07, 6.45) is 0.118. The average Bonchev–Trinajstić information content (AvgIpc) is 2.62. The maximum absolute atomic E-state index is 12.0. The Kier molecular flexibility index (Phi) is 6.91. The van der Waals surface area contributed by atoms with Crippen molar-refractivity contribution in [1.29, 1.82) is 0 Å². The lowest BCUT2D eigenvalue weighted by Gasteiger charge is -2.09. The molecule has 0 radical (unpaired) electrons. The molecule has 0 atom stereocenters. The van der Waals surface area contributed by atoms with Crippen molar-refractivity contribution < 1.29 is 19.1 Å². The van der Waals surface area contributed by atoms with E-state index in [2.05, 4.69) is 10.6 Å². The average molecular weight is 354 g/mol. The third-order valence-electron chi connectivity index (χ3n) is 3.71. The van der Waals surface area contributed by atoms with Crippen LogP contribution in [0.4, 0.5) is 5.69 Å². The van der Waals surface area contributed by atoms with E-state index in [-0.39, 0.29) is 18.9 Å². The molecule has 0 aliphatic heterocycles. The van der Waals surface area contributed by atoms with Crippen LogP contribution in [0.1, 0.15) is 28.4 Å². The number of rotatable bonds is 7. The number of esters is 1. The zero-order valence-corrected chi connectivity index (χ0v) is 14.9. The number of hydrogen-bond acceptors (Lipinski definition) is 4. The monoisotopic (exact) mass is 354 g/mol. The topological polar surface area (TPSA) is 84.5 Å². The Morgan fingerprint density at radius 1 is 1.04 bits per heavy atom. The summed E-state index contributed by atoms with van der Waals surface area (Å²) in [5.41, 5.74) is 2.78. The zero-order chi connectivity index (χ0) is 18.9. The normalized spacial score (nSPS) is 10.1. The maximum Gasteiger partial charge on any atom is 0.310 e. The number of anilines is 1. The minimum Gasteiger partial charge on any atom is -0.455 e. The van der Waals surface area contributed by atoms with Gasteiger partial charge in [0.1, 0.15) is 0 Å². The maximum atomic E-state index is 12.0. The van der Waals surface area contributed by atoms with Gasteiger partial charge in [-0.25, -0.2) is 0 Å². The molecule has 0 spiro atoms. The lowest BCUT2D eigenvalue weighted by Crippen LogP contribution is -2.24. The van der Waals surface area contributed by atoms with Gasteiger partial charge in [-0.05, 0) is 43.2 Å². The number of amides is 2. The molecule has 2 rings (SSSR count). The molecule has 0 saturated carbocycles. The highest BCUT2D eigenvalue weighted by molar-refractivity contribution is 5.97. The Bertz CT molecular complexity index is 802. The van der Waals surface area contributed by atoms with E-state index >= 15 is 0 Å². The number of benzene rings is 2. The minimum absolute atomic E-state index is 0.118. The lowest BCUT2D eigenvalue weighted by molar-refractivity contribution is -0.146. The molecule has 0 heterocycles. The number of hydrogen-bond donors (Lipinski definition) is 2. The number of ether oxygens (including phenoxy) is 1. The molecule has 0 aromatic heterocycles. The lowest BCUT2D eigenvalue weighted by atomic mass is 10.1. The van der Waals surface area contributed by atoms with Gasteiger partial charge in [0.25, 0.3) is 11.8 Å². The molecule has 136 valence electrons. The van der Waals surface area contributed by atoms with Crippen LogP contribution in [0.3, 0.4) is 0 Å². The van der Waals surface area contributed by atoms with Gasteiger partial charge in [-0.3, -0.25) is 14.4 Å². The summed E-state index contributed by atoms with van der Waals surface area (Å²) in [4.78, 5) is 35.6. The predicted octanol–water partition coefficient (Wildman–Crippen LogP) is 2.47. The Morgan fingerprint density at radius 3 is 2.54 bits per heavy atom. The van der Waals surface area contributed by atoms with Crippen molar-refractivity contribution in [2.75, 3.05) is 18.5 Å². The van der Waals surface area contributed by atoms with Crippen LogP contribution in [0.15, 0.2) is 48.5 Å². The van der Waals surface area contributed by atoms with Crippen LogP contribution < -0.4 is 10.6 Å². The molecule has 2 aromatic carbocycles. The first kappa shape index (κ1) is 19.2. The largest absolute Gasteiger partial charge is 0.455 e. The molecule has 2 amide bonds. The van der Waals surface area contributed by atoms with Crippen molar-refractivity contribution in [3.63, 3.8) is 0 Å². The number of carbonyl (C=O) groups excluding carboxylic acids is 3. The fourth-order valence-electron chi connectivity index (χ4n) is 2.36. The summed E-state index contributed by atoms with van der Waals surface area (Å²) in [6.45, 7) is 3.88. The Morgan fingerprint density at radius 2 is 1.81 bits per heavy atom. The fourth-order valence-corrected chi connectivity index (χ4v) is 2.36. The van der Waals surface area contributed by atoms with Gasteiger partial charge in [0.15, 0.2) is 6.61 Å². The number of aryl methyl sites for hydroxylation is 1. The van der Waals surface area contributed by atoms with Gasteiger partial charge in [-0.1, -0.05) is 30.3 Å². The van der Waals surface area contributed by atoms with Gasteiger partial charge in [0.05, 0.1) is 6.42 Å². The summed E-state index contributed by atoms with van der Waals surface area (Å²) >= 11 is 0. The molecule has 2 aromatic rings. The van der Waals surface area contributed by atoms with E-state index in [0.717, 1.165) is 11.1 Å². The summed E-state index contributed by atoms with van der Waals surface area (Å²) in [7, 11) is 0. The van der Waals surface area contributed by atoms with Crippen molar-refractivity contribution in [3.05, 3.63) is 65.2 Å². The van der Waals surface area contributed by atoms with E-state index in [9.17, 15) is 14.4 Å². The summed E-state index contributed by atoms with van der Waals surface area (Å²) in [6, 6.07) is 14.1. The molecule has 0 aliphatic carbocycles. The summed E-state index contributed by atoms with van der Waals surface area (Å²) in [5, 5.41) is 5.30. The highest BCUT2D eigenvalue weighted by atomic mass is 16.5. The van der Waals surface area contributed by atoms with E-state index in [1.807, 2.05) is 38.1 Å². The fraction of sp³-hybridized carbons (Fsp3) is 0.250. The quantitative estimate of drug-likeness (QED) is 0.748.